The maximum atomic E-state index is 11.6. The number of carbonyl (C=O) groups is 1. The Morgan fingerprint density at radius 3 is 3.07 bits per heavy atom. The average molecular weight is 269 g/mol. The van der Waals surface area contributed by atoms with E-state index >= 15 is 0 Å². The van der Waals surface area contributed by atoms with E-state index in [-0.39, 0.29) is 11.9 Å². The van der Waals surface area contributed by atoms with Gasteiger partial charge in [-0.2, -0.15) is 0 Å². The zero-order chi connectivity index (χ0) is 10.8. The highest BCUT2D eigenvalue weighted by Gasteiger charge is 2.27. The number of hydrogen-bond acceptors (Lipinski definition) is 2. The van der Waals surface area contributed by atoms with Crippen LogP contribution in [0.3, 0.4) is 0 Å². The summed E-state index contributed by atoms with van der Waals surface area (Å²) in [6, 6.07) is 6.16. The molecule has 0 amide bonds. The molecule has 0 bridgehead atoms. The predicted molar refractivity (Wildman–Crippen MR) is 61.8 cm³/mol. The molecule has 15 heavy (non-hydrogen) atoms. The lowest BCUT2D eigenvalue weighted by Crippen LogP contribution is -2.19. The molecule has 0 saturated carbocycles. The number of rotatable bonds is 1. The molecular weight excluding hydrogens is 256 g/mol. The fourth-order valence-electron chi connectivity index (χ4n) is 2.16. The van der Waals surface area contributed by atoms with Crippen LogP contribution in [-0.4, -0.2) is 13.1 Å². The van der Waals surface area contributed by atoms with Gasteiger partial charge < -0.3 is 4.74 Å². The molecule has 0 radical (unpaired) electrons. The van der Waals surface area contributed by atoms with E-state index in [4.69, 9.17) is 4.74 Å². The second kappa shape index (κ2) is 4.35. The number of methoxy groups -OCH3 is 1. The molecule has 0 saturated heterocycles. The SMILES string of the molecule is COC(=O)C1CCCc2ccc(Br)cc21. The van der Waals surface area contributed by atoms with Gasteiger partial charge >= 0.3 is 5.97 Å². The number of fused-ring (bicyclic) bond motifs is 1. The van der Waals surface area contributed by atoms with E-state index in [1.165, 1.54) is 12.7 Å². The molecule has 0 N–H and O–H groups in total. The topological polar surface area (TPSA) is 26.3 Å². The summed E-state index contributed by atoms with van der Waals surface area (Å²) in [5.41, 5.74) is 2.40. The highest BCUT2D eigenvalue weighted by Crippen LogP contribution is 2.34. The summed E-state index contributed by atoms with van der Waals surface area (Å²) in [5, 5.41) is 0. The van der Waals surface area contributed by atoms with Gasteiger partial charge in [0.05, 0.1) is 13.0 Å². The van der Waals surface area contributed by atoms with Crippen LogP contribution in [0.2, 0.25) is 0 Å². The monoisotopic (exact) mass is 268 g/mol. The van der Waals surface area contributed by atoms with Crippen molar-refractivity contribution in [1.82, 2.24) is 0 Å². The van der Waals surface area contributed by atoms with Gasteiger partial charge in [-0.3, -0.25) is 4.79 Å². The van der Waals surface area contributed by atoms with Crippen molar-refractivity contribution in [2.45, 2.75) is 25.2 Å². The highest BCUT2D eigenvalue weighted by atomic mass is 79.9. The number of aryl methyl sites for hydroxylation is 1. The molecule has 0 fully saturated rings. The van der Waals surface area contributed by atoms with Crippen LogP contribution < -0.4 is 0 Å². The van der Waals surface area contributed by atoms with E-state index in [2.05, 4.69) is 22.0 Å². The Labute approximate surface area is 97.8 Å². The van der Waals surface area contributed by atoms with E-state index in [1.807, 2.05) is 12.1 Å². The van der Waals surface area contributed by atoms with Crippen LogP contribution in [-0.2, 0) is 16.0 Å². The number of esters is 1. The number of carbonyl (C=O) groups excluding carboxylic acids is 1. The Kier molecular flexibility index (Phi) is 3.10. The van der Waals surface area contributed by atoms with Gasteiger partial charge in [0.25, 0.3) is 0 Å². The molecule has 2 rings (SSSR count). The molecule has 1 aromatic carbocycles. The van der Waals surface area contributed by atoms with Gasteiger partial charge in [-0.25, -0.2) is 0 Å². The van der Waals surface area contributed by atoms with Gasteiger partial charge in [0.15, 0.2) is 0 Å². The van der Waals surface area contributed by atoms with Gasteiger partial charge in [0.2, 0.25) is 0 Å². The van der Waals surface area contributed by atoms with E-state index < -0.39 is 0 Å². The third-order valence-corrected chi connectivity index (χ3v) is 3.40. The molecule has 0 spiro atoms. The van der Waals surface area contributed by atoms with E-state index in [0.29, 0.717) is 0 Å². The summed E-state index contributed by atoms with van der Waals surface area (Å²) in [4.78, 5) is 11.6. The average Bonchev–Trinajstić information content (AvgIpc) is 2.27. The first-order valence-corrected chi connectivity index (χ1v) is 5.88. The maximum Gasteiger partial charge on any atom is 0.313 e. The molecule has 0 aromatic heterocycles. The zero-order valence-electron chi connectivity index (χ0n) is 8.63. The van der Waals surface area contributed by atoms with E-state index in [1.54, 1.807) is 0 Å². The van der Waals surface area contributed by atoms with Crippen LogP contribution in [0.1, 0.15) is 29.9 Å². The normalized spacial score (nSPS) is 19.5. The standard InChI is InChI=1S/C12H13BrO2/c1-15-12(14)10-4-2-3-8-5-6-9(13)7-11(8)10/h5-7,10H,2-4H2,1H3. The Balaban J connectivity index is 2.40. The number of hydrogen-bond donors (Lipinski definition) is 0. The quantitative estimate of drug-likeness (QED) is 0.732. The van der Waals surface area contributed by atoms with Crippen molar-refractivity contribution in [1.29, 1.82) is 0 Å². The Bertz CT molecular complexity index is 387. The lowest BCUT2D eigenvalue weighted by atomic mass is 9.83. The first-order chi connectivity index (χ1) is 7.22. The molecular formula is C12H13BrO2. The fraction of sp³-hybridized carbons (Fsp3) is 0.417. The third kappa shape index (κ3) is 2.07. The lowest BCUT2D eigenvalue weighted by molar-refractivity contribution is -0.142. The van der Waals surface area contributed by atoms with Gasteiger partial charge in [-0.1, -0.05) is 22.0 Å². The summed E-state index contributed by atoms with van der Waals surface area (Å²) in [5.74, 6) is -0.190. The van der Waals surface area contributed by atoms with Crippen molar-refractivity contribution >= 4 is 21.9 Å². The fourth-order valence-corrected chi connectivity index (χ4v) is 2.54. The van der Waals surface area contributed by atoms with Crippen LogP contribution in [0.15, 0.2) is 22.7 Å². The van der Waals surface area contributed by atoms with Crippen molar-refractivity contribution < 1.29 is 9.53 Å². The lowest BCUT2D eigenvalue weighted by Gasteiger charge is -2.23. The molecule has 3 heteroatoms. The molecule has 0 heterocycles. The van der Waals surface area contributed by atoms with Gasteiger partial charge in [0.1, 0.15) is 0 Å². The number of halogens is 1. The molecule has 2 nitrogen and oxygen atoms in total. The Hall–Kier alpha value is -0.830. The third-order valence-electron chi connectivity index (χ3n) is 2.91. The largest absolute Gasteiger partial charge is 0.469 e. The second-order valence-corrected chi connectivity index (χ2v) is 4.73. The minimum absolute atomic E-state index is 0.0729. The highest BCUT2D eigenvalue weighted by molar-refractivity contribution is 9.10. The van der Waals surface area contributed by atoms with Crippen molar-refractivity contribution in [2.24, 2.45) is 0 Å². The van der Waals surface area contributed by atoms with Gasteiger partial charge in [-0.05, 0) is 42.5 Å². The van der Waals surface area contributed by atoms with Gasteiger partial charge in [-0.15, -0.1) is 0 Å². The molecule has 1 atom stereocenters. The summed E-state index contributed by atoms with van der Waals surface area (Å²) < 4.78 is 5.86. The molecule has 1 aromatic rings. The number of benzene rings is 1. The maximum absolute atomic E-state index is 11.6. The van der Waals surface area contributed by atoms with Crippen molar-refractivity contribution in [3.63, 3.8) is 0 Å². The second-order valence-electron chi connectivity index (χ2n) is 3.81. The predicted octanol–water partition coefficient (Wildman–Crippen LogP) is 3.04. The van der Waals surface area contributed by atoms with Crippen LogP contribution in [0.5, 0.6) is 0 Å². The van der Waals surface area contributed by atoms with Gasteiger partial charge in [0, 0.05) is 4.47 Å². The van der Waals surface area contributed by atoms with Crippen molar-refractivity contribution in [2.75, 3.05) is 7.11 Å². The van der Waals surface area contributed by atoms with Crippen LogP contribution in [0, 0.1) is 0 Å². The summed E-state index contributed by atoms with van der Waals surface area (Å²) >= 11 is 3.44. The first-order valence-electron chi connectivity index (χ1n) is 5.08. The summed E-state index contributed by atoms with van der Waals surface area (Å²) in [6.07, 6.45) is 3.03. The Morgan fingerprint density at radius 2 is 2.33 bits per heavy atom. The van der Waals surface area contributed by atoms with Crippen LogP contribution in [0.4, 0.5) is 0 Å². The van der Waals surface area contributed by atoms with Crippen LogP contribution in [0.25, 0.3) is 0 Å². The minimum atomic E-state index is -0.117. The zero-order valence-corrected chi connectivity index (χ0v) is 10.2. The first kappa shape index (κ1) is 10.7. The van der Waals surface area contributed by atoms with Crippen molar-refractivity contribution in [3.8, 4) is 0 Å². The van der Waals surface area contributed by atoms with Crippen LogP contribution >= 0.6 is 15.9 Å². The Morgan fingerprint density at radius 1 is 1.53 bits per heavy atom. The van der Waals surface area contributed by atoms with E-state index in [0.717, 1.165) is 29.3 Å². The molecule has 1 aliphatic rings. The van der Waals surface area contributed by atoms with Crippen molar-refractivity contribution in [3.05, 3.63) is 33.8 Å². The minimum Gasteiger partial charge on any atom is -0.469 e. The molecule has 1 unspecified atom stereocenters. The summed E-state index contributed by atoms with van der Waals surface area (Å²) in [7, 11) is 1.45. The smallest absolute Gasteiger partial charge is 0.313 e. The molecule has 80 valence electrons. The van der Waals surface area contributed by atoms with E-state index in [9.17, 15) is 4.79 Å². The molecule has 1 aliphatic carbocycles. The number of ether oxygens (including phenoxy) is 1. The molecule has 0 aliphatic heterocycles. The summed E-state index contributed by atoms with van der Waals surface area (Å²) in [6.45, 7) is 0.